The first-order chi connectivity index (χ1) is 6.83. The van der Waals surface area contributed by atoms with Gasteiger partial charge in [-0.1, -0.05) is 19.9 Å². The van der Waals surface area contributed by atoms with Crippen LogP contribution in [0.15, 0.2) is 12.7 Å². The molecular weight excluding hydrogens is 186 g/mol. The van der Waals surface area contributed by atoms with E-state index in [1.165, 1.54) is 0 Å². The highest BCUT2D eigenvalue weighted by atomic mass is 16.5. The van der Waals surface area contributed by atoms with Crippen LogP contribution >= 0.6 is 0 Å². The van der Waals surface area contributed by atoms with E-state index in [1.54, 1.807) is 0 Å². The van der Waals surface area contributed by atoms with Crippen molar-refractivity contribution in [2.24, 2.45) is 5.41 Å². The fourth-order valence-corrected chi connectivity index (χ4v) is 1.26. The Morgan fingerprint density at radius 2 is 1.87 bits per heavy atom. The average molecular weight is 213 g/mol. The van der Waals surface area contributed by atoms with Crippen molar-refractivity contribution in [3.05, 3.63) is 12.7 Å². The van der Waals surface area contributed by atoms with Gasteiger partial charge in [-0.15, -0.1) is 6.58 Å². The van der Waals surface area contributed by atoms with E-state index >= 15 is 0 Å². The minimum Gasteiger partial charge on any atom is -0.376 e. The molecule has 0 radical (unpaired) electrons. The van der Waals surface area contributed by atoms with E-state index in [9.17, 15) is 0 Å². The van der Waals surface area contributed by atoms with Gasteiger partial charge in [0, 0.05) is 13.2 Å². The molecule has 0 saturated heterocycles. The topological polar surface area (TPSA) is 21.3 Å². The molecule has 15 heavy (non-hydrogen) atoms. The summed E-state index contributed by atoms with van der Waals surface area (Å²) in [7, 11) is 0. The zero-order chi connectivity index (χ0) is 11.9. The Kier molecular flexibility index (Phi) is 6.15. The van der Waals surface area contributed by atoms with E-state index in [0.717, 1.165) is 26.1 Å². The summed E-state index contributed by atoms with van der Waals surface area (Å²) in [4.78, 5) is 0. The maximum absolute atomic E-state index is 5.73. The summed E-state index contributed by atoms with van der Waals surface area (Å²) < 4.78 is 5.73. The maximum Gasteiger partial charge on any atom is 0.0598 e. The zero-order valence-electron chi connectivity index (χ0n) is 11.0. The molecule has 1 N–H and O–H groups in total. The van der Waals surface area contributed by atoms with E-state index in [2.05, 4.69) is 46.5 Å². The Labute approximate surface area is 95.1 Å². The predicted octanol–water partition coefficient (Wildman–Crippen LogP) is 2.99. The van der Waals surface area contributed by atoms with Gasteiger partial charge in [0.25, 0.3) is 0 Å². The molecule has 0 spiro atoms. The molecule has 0 aromatic rings. The molecule has 0 saturated carbocycles. The van der Waals surface area contributed by atoms with Crippen molar-refractivity contribution in [1.82, 2.24) is 5.32 Å². The first kappa shape index (κ1) is 14.7. The van der Waals surface area contributed by atoms with Gasteiger partial charge in [0.1, 0.15) is 0 Å². The van der Waals surface area contributed by atoms with Crippen molar-refractivity contribution < 1.29 is 4.74 Å². The van der Waals surface area contributed by atoms with Crippen molar-refractivity contribution in [2.75, 3.05) is 19.7 Å². The van der Waals surface area contributed by atoms with Crippen molar-refractivity contribution in [2.45, 2.75) is 46.6 Å². The van der Waals surface area contributed by atoms with Gasteiger partial charge in [0.15, 0.2) is 0 Å². The molecule has 2 heteroatoms. The molecule has 0 aliphatic rings. The van der Waals surface area contributed by atoms with Crippen LogP contribution in [-0.2, 0) is 4.74 Å². The van der Waals surface area contributed by atoms with Crippen LogP contribution in [0.4, 0.5) is 0 Å². The number of nitrogens with one attached hydrogen (secondary N) is 1. The minimum atomic E-state index is -0.0414. The van der Waals surface area contributed by atoms with Gasteiger partial charge in [-0.25, -0.2) is 0 Å². The molecule has 0 aromatic carbocycles. The van der Waals surface area contributed by atoms with Crippen molar-refractivity contribution >= 4 is 0 Å². The Morgan fingerprint density at radius 1 is 1.27 bits per heavy atom. The lowest BCUT2D eigenvalue weighted by atomic mass is 9.87. The van der Waals surface area contributed by atoms with Crippen LogP contribution in [0.1, 0.15) is 41.0 Å². The van der Waals surface area contributed by atoms with Crippen LogP contribution in [0.5, 0.6) is 0 Å². The lowest BCUT2D eigenvalue weighted by Crippen LogP contribution is -2.32. The SMILES string of the molecule is C=CC(C)(CCOC(C)(C)C)CNCC. The normalized spacial score (nSPS) is 16.1. The number of ether oxygens (including phenoxy) is 1. The van der Waals surface area contributed by atoms with Crippen molar-refractivity contribution in [3.63, 3.8) is 0 Å². The monoisotopic (exact) mass is 213 g/mol. The van der Waals surface area contributed by atoms with Gasteiger partial charge >= 0.3 is 0 Å². The molecule has 90 valence electrons. The first-order valence-electron chi connectivity index (χ1n) is 5.81. The van der Waals surface area contributed by atoms with Gasteiger partial charge in [0.2, 0.25) is 0 Å². The zero-order valence-corrected chi connectivity index (χ0v) is 11.0. The molecule has 0 aromatic heterocycles. The second kappa shape index (κ2) is 6.29. The third-order valence-electron chi connectivity index (χ3n) is 2.48. The van der Waals surface area contributed by atoms with Crippen molar-refractivity contribution in [3.8, 4) is 0 Å². The average Bonchev–Trinajstić information content (AvgIpc) is 2.13. The fraction of sp³-hybridized carbons (Fsp3) is 0.846. The molecule has 0 aliphatic carbocycles. The molecule has 2 nitrogen and oxygen atoms in total. The molecule has 0 rings (SSSR count). The van der Waals surface area contributed by atoms with Gasteiger partial charge in [-0.05, 0) is 39.2 Å². The maximum atomic E-state index is 5.73. The summed E-state index contributed by atoms with van der Waals surface area (Å²) in [5.41, 5.74) is 0.0987. The molecule has 0 bridgehead atoms. The largest absolute Gasteiger partial charge is 0.376 e. The highest BCUT2D eigenvalue weighted by Crippen LogP contribution is 2.22. The van der Waals surface area contributed by atoms with Gasteiger partial charge in [0.05, 0.1) is 5.60 Å². The number of rotatable bonds is 7. The third kappa shape index (κ3) is 7.57. The fourth-order valence-electron chi connectivity index (χ4n) is 1.26. The lowest BCUT2D eigenvalue weighted by Gasteiger charge is -2.28. The van der Waals surface area contributed by atoms with Gasteiger partial charge < -0.3 is 10.1 Å². The molecule has 1 atom stereocenters. The van der Waals surface area contributed by atoms with E-state index in [-0.39, 0.29) is 11.0 Å². The third-order valence-corrected chi connectivity index (χ3v) is 2.48. The van der Waals surface area contributed by atoms with Crippen LogP contribution in [-0.4, -0.2) is 25.3 Å². The second-order valence-corrected chi connectivity index (χ2v) is 5.35. The Bertz CT molecular complexity index is 183. The summed E-state index contributed by atoms with van der Waals surface area (Å²) in [6, 6.07) is 0. The van der Waals surface area contributed by atoms with Crippen LogP contribution in [0.25, 0.3) is 0 Å². The highest BCUT2D eigenvalue weighted by molar-refractivity contribution is 4.93. The molecule has 1 unspecified atom stereocenters. The summed E-state index contributed by atoms with van der Waals surface area (Å²) in [6.07, 6.45) is 3.04. The van der Waals surface area contributed by atoms with E-state index in [0.29, 0.717) is 0 Å². The summed E-state index contributed by atoms with van der Waals surface area (Å²) in [5.74, 6) is 0. The molecule has 0 heterocycles. The van der Waals surface area contributed by atoms with E-state index in [4.69, 9.17) is 4.74 Å². The van der Waals surface area contributed by atoms with E-state index in [1.807, 2.05) is 6.08 Å². The van der Waals surface area contributed by atoms with Gasteiger partial charge in [-0.3, -0.25) is 0 Å². The highest BCUT2D eigenvalue weighted by Gasteiger charge is 2.20. The summed E-state index contributed by atoms with van der Waals surface area (Å²) >= 11 is 0. The number of hydrogen-bond donors (Lipinski definition) is 1. The molecule has 0 aliphatic heterocycles. The predicted molar refractivity (Wildman–Crippen MR) is 67.2 cm³/mol. The van der Waals surface area contributed by atoms with E-state index < -0.39 is 0 Å². The lowest BCUT2D eigenvalue weighted by molar-refractivity contribution is -0.0130. The van der Waals surface area contributed by atoms with Gasteiger partial charge in [-0.2, -0.15) is 0 Å². The summed E-state index contributed by atoms with van der Waals surface area (Å²) in [6.45, 7) is 17.3. The summed E-state index contributed by atoms with van der Waals surface area (Å²) in [5, 5.41) is 3.36. The van der Waals surface area contributed by atoms with Crippen LogP contribution in [0, 0.1) is 5.41 Å². The molecular formula is C13H27NO. The van der Waals surface area contributed by atoms with Crippen LogP contribution in [0.3, 0.4) is 0 Å². The van der Waals surface area contributed by atoms with Crippen LogP contribution in [0.2, 0.25) is 0 Å². The number of hydrogen-bond acceptors (Lipinski definition) is 2. The second-order valence-electron chi connectivity index (χ2n) is 5.35. The smallest absolute Gasteiger partial charge is 0.0598 e. The van der Waals surface area contributed by atoms with Crippen LogP contribution < -0.4 is 5.32 Å². The standard InChI is InChI=1S/C13H27NO/c1-7-13(6,11-14-8-2)9-10-15-12(3,4)5/h7,14H,1,8-11H2,2-6H3. The molecule has 0 amide bonds. The quantitative estimate of drug-likeness (QED) is 0.656. The van der Waals surface area contributed by atoms with Crippen molar-refractivity contribution in [1.29, 1.82) is 0 Å². The molecule has 0 fully saturated rings. The Morgan fingerprint density at radius 3 is 2.27 bits per heavy atom. The Balaban J connectivity index is 3.93. The Hall–Kier alpha value is -0.340. The first-order valence-corrected chi connectivity index (χ1v) is 5.81. The minimum absolute atomic E-state index is 0.0414.